The van der Waals surface area contributed by atoms with E-state index in [9.17, 15) is 13.2 Å². The van der Waals surface area contributed by atoms with E-state index in [4.69, 9.17) is 0 Å². The Kier molecular flexibility index (Phi) is 6.32. The third kappa shape index (κ3) is 4.57. The van der Waals surface area contributed by atoms with E-state index < -0.39 is 10.0 Å². The van der Waals surface area contributed by atoms with Gasteiger partial charge in [0.05, 0.1) is 22.0 Å². The van der Waals surface area contributed by atoms with Gasteiger partial charge in [-0.15, -0.1) is 0 Å². The molecule has 8 nitrogen and oxygen atoms in total. The minimum Gasteiger partial charge on any atom is -0.376 e. The molecule has 0 aliphatic rings. The fraction of sp³-hybridized carbons (Fsp3) is 0.375. The molecule has 1 heterocycles. The highest BCUT2D eigenvalue weighted by molar-refractivity contribution is 7.99. The maximum Gasteiger partial charge on any atom is 0.242 e. The molecule has 0 atom stereocenters. The Morgan fingerprint density at radius 3 is 2.50 bits per heavy atom. The Labute approximate surface area is 158 Å². The lowest BCUT2D eigenvalue weighted by Crippen LogP contribution is -2.23. The van der Waals surface area contributed by atoms with Crippen molar-refractivity contribution in [3.05, 3.63) is 30.6 Å². The van der Waals surface area contributed by atoms with Crippen molar-refractivity contribution < 1.29 is 13.2 Å². The van der Waals surface area contributed by atoms with E-state index in [0.29, 0.717) is 5.69 Å². The molecule has 1 N–H and O–H groups in total. The molecule has 0 unspecified atom stereocenters. The number of thioether (sulfide) groups is 1. The summed E-state index contributed by atoms with van der Waals surface area (Å²) in [5, 5.41) is 3.54. The van der Waals surface area contributed by atoms with E-state index in [0.717, 1.165) is 15.1 Å². The Morgan fingerprint density at radius 2 is 1.96 bits per heavy atom. The Hall–Kier alpha value is -2.04. The van der Waals surface area contributed by atoms with Gasteiger partial charge < -0.3 is 14.8 Å². The van der Waals surface area contributed by atoms with Gasteiger partial charge in [-0.1, -0.05) is 11.8 Å². The van der Waals surface area contributed by atoms with Crippen LogP contribution in [0.2, 0.25) is 0 Å². The molecule has 10 heteroatoms. The van der Waals surface area contributed by atoms with Gasteiger partial charge in [0.15, 0.2) is 5.16 Å². The molecule has 2 aromatic rings. The van der Waals surface area contributed by atoms with E-state index in [1.807, 2.05) is 30.6 Å². The summed E-state index contributed by atoms with van der Waals surface area (Å²) in [7, 11) is 4.86. The molecule has 0 radical (unpaired) electrons. The van der Waals surface area contributed by atoms with Gasteiger partial charge in [-0.25, -0.2) is 17.7 Å². The first-order valence-corrected chi connectivity index (χ1v) is 10.2. The predicted octanol–water partition coefficient (Wildman–Crippen LogP) is 1.47. The number of sulfonamides is 1. The molecule has 0 aliphatic carbocycles. The molecule has 0 saturated carbocycles. The van der Waals surface area contributed by atoms with Crippen molar-refractivity contribution in [1.29, 1.82) is 0 Å². The molecule has 0 aliphatic heterocycles. The summed E-state index contributed by atoms with van der Waals surface area (Å²) >= 11 is 1.31. The van der Waals surface area contributed by atoms with Gasteiger partial charge in [-0.05, 0) is 18.2 Å². The van der Waals surface area contributed by atoms with Gasteiger partial charge in [-0.3, -0.25) is 4.79 Å². The summed E-state index contributed by atoms with van der Waals surface area (Å²) in [5.41, 5.74) is 1.17. The minimum atomic E-state index is -3.59. The predicted molar refractivity (Wildman–Crippen MR) is 104 cm³/mol. The number of aryl methyl sites for hydroxylation is 1. The van der Waals surface area contributed by atoms with Crippen LogP contribution in [0.5, 0.6) is 0 Å². The first kappa shape index (κ1) is 20.3. The average Bonchev–Trinajstić information content (AvgIpc) is 2.97. The van der Waals surface area contributed by atoms with Crippen LogP contribution in [0.3, 0.4) is 0 Å². The molecular weight excluding hydrogens is 374 g/mol. The molecule has 26 heavy (non-hydrogen) atoms. The maximum absolute atomic E-state index is 12.4. The monoisotopic (exact) mass is 397 g/mol. The van der Waals surface area contributed by atoms with Gasteiger partial charge in [0, 0.05) is 47.6 Å². The van der Waals surface area contributed by atoms with Crippen molar-refractivity contribution in [3.63, 3.8) is 0 Å². The quantitative estimate of drug-likeness (QED) is 0.712. The highest BCUT2D eigenvalue weighted by Gasteiger charge is 2.20. The van der Waals surface area contributed by atoms with Gasteiger partial charge in [0.2, 0.25) is 15.9 Å². The first-order chi connectivity index (χ1) is 12.1. The zero-order valence-electron chi connectivity index (χ0n) is 15.4. The fourth-order valence-corrected chi connectivity index (χ4v) is 3.84. The first-order valence-electron chi connectivity index (χ1n) is 7.77. The van der Waals surface area contributed by atoms with E-state index in [1.54, 1.807) is 18.5 Å². The number of carbonyl (C=O) groups excluding carboxylic acids is 1. The average molecular weight is 398 g/mol. The number of benzene rings is 1. The van der Waals surface area contributed by atoms with E-state index >= 15 is 0 Å². The molecule has 0 saturated heterocycles. The van der Waals surface area contributed by atoms with Gasteiger partial charge in [0.25, 0.3) is 0 Å². The topological polar surface area (TPSA) is 87.5 Å². The van der Waals surface area contributed by atoms with Crippen LogP contribution < -0.4 is 10.2 Å². The zero-order chi connectivity index (χ0) is 19.5. The summed E-state index contributed by atoms with van der Waals surface area (Å²) in [4.78, 5) is 18.4. The van der Waals surface area contributed by atoms with Crippen LogP contribution in [-0.2, 0) is 21.9 Å². The number of nitrogens with one attached hydrogen (secondary N) is 1. The lowest BCUT2D eigenvalue weighted by molar-refractivity contribution is -0.113. The third-order valence-electron chi connectivity index (χ3n) is 3.61. The van der Waals surface area contributed by atoms with Crippen LogP contribution in [0.1, 0.15) is 0 Å². The normalized spacial score (nSPS) is 11.6. The smallest absolute Gasteiger partial charge is 0.242 e. The van der Waals surface area contributed by atoms with Gasteiger partial charge >= 0.3 is 0 Å². The van der Waals surface area contributed by atoms with Crippen LogP contribution in [-0.4, -0.2) is 62.1 Å². The summed E-state index contributed by atoms with van der Waals surface area (Å²) in [5.74, 6) is -0.0666. The van der Waals surface area contributed by atoms with Crippen molar-refractivity contribution in [3.8, 4) is 0 Å². The zero-order valence-corrected chi connectivity index (χ0v) is 17.1. The number of nitrogens with zero attached hydrogens (tertiary/aromatic N) is 4. The number of carbonyl (C=O) groups is 1. The number of imidazole rings is 1. The molecule has 142 valence electrons. The summed E-state index contributed by atoms with van der Waals surface area (Å²) < 4.78 is 27.7. The van der Waals surface area contributed by atoms with E-state index in [2.05, 4.69) is 10.3 Å². The van der Waals surface area contributed by atoms with Crippen LogP contribution in [0, 0.1) is 0 Å². The number of hydrogen-bond acceptors (Lipinski definition) is 6. The standard InChI is InChI=1S/C16H23N5O3S2/c1-19(2)14-7-6-12(26(23,24)20(3)4)10-13(14)18-15(22)11-25-16-17-8-9-21(16)5/h6-10H,11H2,1-5H3,(H,18,22). The third-order valence-corrected chi connectivity index (χ3v) is 6.48. The number of amides is 1. The molecule has 2 rings (SSSR count). The summed E-state index contributed by atoms with van der Waals surface area (Å²) in [6, 6.07) is 4.69. The lowest BCUT2D eigenvalue weighted by Gasteiger charge is -2.20. The van der Waals surface area contributed by atoms with Crippen molar-refractivity contribution in [2.45, 2.75) is 10.1 Å². The maximum atomic E-state index is 12.4. The number of aromatic nitrogens is 2. The molecular formula is C16H23N5O3S2. The van der Waals surface area contributed by atoms with Crippen molar-refractivity contribution >= 4 is 39.1 Å². The van der Waals surface area contributed by atoms with Crippen LogP contribution in [0.25, 0.3) is 0 Å². The molecule has 1 amide bonds. The van der Waals surface area contributed by atoms with Crippen molar-refractivity contribution in [2.24, 2.45) is 7.05 Å². The van der Waals surface area contributed by atoms with E-state index in [1.165, 1.54) is 38.0 Å². The second-order valence-corrected chi connectivity index (χ2v) is 9.11. The minimum absolute atomic E-state index is 0.125. The Bertz CT molecular complexity index is 891. The van der Waals surface area contributed by atoms with Crippen LogP contribution >= 0.6 is 11.8 Å². The fourth-order valence-electron chi connectivity index (χ4n) is 2.18. The van der Waals surface area contributed by atoms with Crippen molar-refractivity contribution in [1.82, 2.24) is 13.9 Å². The SMILES string of the molecule is CN(C)c1ccc(S(=O)(=O)N(C)C)cc1NC(=O)CSc1nccn1C. The number of anilines is 2. The molecule has 1 aromatic heterocycles. The lowest BCUT2D eigenvalue weighted by atomic mass is 10.2. The second kappa shape index (κ2) is 8.11. The van der Waals surface area contributed by atoms with Crippen LogP contribution in [0.15, 0.2) is 40.6 Å². The molecule has 0 bridgehead atoms. The van der Waals surface area contributed by atoms with Gasteiger partial charge in [0.1, 0.15) is 0 Å². The van der Waals surface area contributed by atoms with Gasteiger partial charge in [-0.2, -0.15) is 0 Å². The molecule has 1 aromatic carbocycles. The number of rotatable bonds is 7. The second-order valence-electron chi connectivity index (χ2n) is 6.02. The Morgan fingerprint density at radius 1 is 1.27 bits per heavy atom. The largest absolute Gasteiger partial charge is 0.376 e. The number of hydrogen-bond donors (Lipinski definition) is 1. The summed E-state index contributed by atoms with van der Waals surface area (Å²) in [6.45, 7) is 0. The van der Waals surface area contributed by atoms with E-state index in [-0.39, 0.29) is 16.6 Å². The summed E-state index contributed by atoms with van der Waals surface area (Å²) in [6.07, 6.45) is 3.47. The highest BCUT2D eigenvalue weighted by Crippen LogP contribution is 2.29. The molecule has 0 spiro atoms. The molecule has 0 fully saturated rings. The van der Waals surface area contributed by atoms with Crippen molar-refractivity contribution in [2.75, 3.05) is 44.2 Å². The highest BCUT2D eigenvalue weighted by atomic mass is 32.2. The Balaban J connectivity index is 2.22. The van der Waals surface area contributed by atoms with Crippen LogP contribution in [0.4, 0.5) is 11.4 Å².